The fourth-order valence-corrected chi connectivity index (χ4v) is 2.63. The van der Waals surface area contributed by atoms with Crippen LogP contribution < -0.4 is 10.9 Å². The largest absolute Gasteiger partial charge is 0.322 e. The van der Waals surface area contributed by atoms with Gasteiger partial charge in [0.05, 0.1) is 5.69 Å². The molecule has 0 spiro atoms. The van der Waals surface area contributed by atoms with Crippen molar-refractivity contribution in [3.8, 4) is 11.4 Å². The summed E-state index contributed by atoms with van der Waals surface area (Å²) >= 11 is 0. The third-order valence-corrected chi connectivity index (χ3v) is 3.96. The van der Waals surface area contributed by atoms with Gasteiger partial charge in [0.15, 0.2) is 0 Å². The number of halogens is 2. The van der Waals surface area contributed by atoms with Crippen LogP contribution in [0.3, 0.4) is 0 Å². The number of carbonyl (C=O) groups excluding carboxylic acids is 1. The topological polar surface area (TPSA) is 64.0 Å². The number of hydrogen-bond donors (Lipinski definition) is 1. The monoisotopic (exact) mass is 369 g/mol. The Morgan fingerprint density at radius 2 is 1.89 bits per heavy atom. The van der Waals surface area contributed by atoms with Crippen molar-refractivity contribution in [2.45, 2.75) is 19.9 Å². The number of carbonyl (C=O) groups is 1. The lowest BCUT2D eigenvalue weighted by Crippen LogP contribution is -2.30. The highest BCUT2D eigenvalue weighted by Gasteiger charge is 2.15. The van der Waals surface area contributed by atoms with Crippen molar-refractivity contribution < 1.29 is 13.6 Å². The molecule has 3 rings (SSSR count). The summed E-state index contributed by atoms with van der Waals surface area (Å²) in [7, 11) is 0. The number of nitrogens with zero attached hydrogens (tertiary/aromatic N) is 2. The minimum absolute atomic E-state index is 0.0148. The Bertz CT molecular complexity index is 1050. The summed E-state index contributed by atoms with van der Waals surface area (Å²) in [5, 5.41) is 2.43. The van der Waals surface area contributed by atoms with Crippen LogP contribution in [0.1, 0.15) is 12.6 Å². The molecule has 0 saturated carbocycles. The van der Waals surface area contributed by atoms with E-state index in [1.165, 1.54) is 42.5 Å². The standard InChI is InChI=1S/C20H17F2N3O2/c1-2-15-11-19(27)25(20(23-15)13-6-5-7-14(21)10-13)12-18(26)24-17-9-4-3-8-16(17)22/h3-11H,2,12H2,1H3,(H,24,26). The second-order valence-electron chi connectivity index (χ2n) is 5.89. The molecule has 0 unspecified atom stereocenters. The van der Waals surface area contributed by atoms with Gasteiger partial charge in [0.2, 0.25) is 5.91 Å². The highest BCUT2D eigenvalue weighted by molar-refractivity contribution is 5.90. The van der Waals surface area contributed by atoms with Crippen LogP contribution in [0, 0.1) is 11.6 Å². The number of hydrogen-bond acceptors (Lipinski definition) is 3. The fourth-order valence-electron chi connectivity index (χ4n) is 2.63. The molecule has 27 heavy (non-hydrogen) atoms. The first-order chi connectivity index (χ1) is 13.0. The second-order valence-corrected chi connectivity index (χ2v) is 5.89. The molecule has 0 atom stereocenters. The van der Waals surface area contributed by atoms with Crippen molar-refractivity contribution in [1.82, 2.24) is 9.55 Å². The van der Waals surface area contributed by atoms with Crippen LogP contribution in [0.15, 0.2) is 59.4 Å². The molecule has 138 valence electrons. The Kier molecular flexibility index (Phi) is 5.40. The molecule has 0 aliphatic heterocycles. The second kappa shape index (κ2) is 7.90. The van der Waals surface area contributed by atoms with Gasteiger partial charge in [-0.2, -0.15) is 0 Å². The van der Waals surface area contributed by atoms with E-state index in [-0.39, 0.29) is 18.1 Å². The summed E-state index contributed by atoms with van der Waals surface area (Å²) in [6.45, 7) is 1.46. The van der Waals surface area contributed by atoms with Gasteiger partial charge in [-0.3, -0.25) is 14.2 Å². The Morgan fingerprint density at radius 1 is 1.11 bits per heavy atom. The molecule has 7 heteroatoms. The number of nitrogens with one attached hydrogen (secondary N) is 1. The Labute approximate surface area is 154 Å². The molecule has 1 amide bonds. The molecule has 0 radical (unpaired) electrons. The Balaban J connectivity index is 1.98. The third-order valence-electron chi connectivity index (χ3n) is 3.96. The predicted molar refractivity (Wildman–Crippen MR) is 98.3 cm³/mol. The maximum Gasteiger partial charge on any atom is 0.254 e. The lowest BCUT2D eigenvalue weighted by molar-refractivity contribution is -0.116. The first-order valence-corrected chi connectivity index (χ1v) is 8.39. The van der Waals surface area contributed by atoms with Gasteiger partial charge in [0, 0.05) is 17.3 Å². The zero-order valence-corrected chi connectivity index (χ0v) is 14.6. The lowest BCUT2D eigenvalue weighted by Gasteiger charge is -2.14. The zero-order valence-electron chi connectivity index (χ0n) is 14.6. The summed E-state index contributed by atoms with van der Waals surface area (Å²) in [6, 6.07) is 12.7. The summed E-state index contributed by atoms with van der Waals surface area (Å²) in [6.07, 6.45) is 0.514. The van der Waals surface area contributed by atoms with Gasteiger partial charge < -0.3 is 5.32 Å². The van der Waals surface area contributed by atoms with Crippen LogP contribution in [-0.2, 0) is 17.8 Å². The van der Waals surface area contributed by atoms with E-state index >= 15 is 0 Å². The molecule has 2 aromatic carbocycles. The van der Waals surface area contributed by atoms with Gasteiger partial charge in [-0.25, -0.2) is 13.8 Å². The highest BCUT2D eigenvalue weighted by Crippen LogP contribution is 2.18. The van der Waals surface area contributed by atoms with Gasteiger partial charge in [-0.1, -0.05) is 31.2 Å². The van der Waals surface area contributed by atoms with Gasteiger partial charge in [-0.15, -0.1) is 0 Å². The van der Waals surface area contributed by atoms with E-state index in [1.807, 2.05) is 6.92 Å². The van der Waals surface area contributed by atoms with Gasteiger partial charge in [0.1, 0.15) is 24.0 Å². The molecule has 0 fully saturated rings. The number of amides is 1. The van der Waals surface area contributed by atoms with Gasteiger partial charge in [0.25, 0.3) is 5.56 Å². The molecule has 0 bridgehead atoms. The molecule has 0 aliphatic rings. The van der Waals surface area contributed by atoms with E-state index in [4.69, 9.17) is 0 Å². The maximum absolute atomic E-state index is 13.7. The van der Waals surface area contributed by atoms with Crippen molar-refractivity contribution in [2.75, 3.05) is 5.32 Å². The zero-order chi connectivity index (χ0) is 19.4. The van der Waals surface area contributed by atoms with Crippen molar-refractivity contribution in [2.24, 2.45) is 0 Å². The van der Waals surface area contributed by atoms with Gasteiger partial charge >= 0.3 is 0 Å². The average Bonchev–Trinajstić information content (AvgIpc) is 2.65. The molecule has 5 nitrogen and oxygen atoms in total. The van der Waals surface area contributed by atoms with E-state index < -0.39 is 23.1 Å². The Hall–Kier alpha value is -3.35. The van der Waals surface area contributed by atoms with E-state index in [2.05, 4.69) is 10.3 Å². The van der Waals surface area contributed by atoms with E-state index in [1.54, 1.807) is 12.1 Å². The van der Waals surface area contributed by atoms with E-state index in [0.717, 1.165) is 4.57 Å². The first-order valence-electron chi connectivity index (χ1n) is 8.39. The van der Waals surface area contributed by atoms with Crippen LogP contribution in [0.25, 0.3) is 11.4 Å². The van der Waals surface area contributed by atoms with Crippen molar-refractivity contribution >= 4 is 11.6 Å². The minimum atomic E-state index is -0.592. The van der Waals surface area contributed by atoms with Crippen molar-refractivity contribution in [3.63, 3.8) is 0 Å². The normalized spacial score (nSPS) is 10.6. The first kappa shape index (κ1) is 18.4. The molecular formula is C20H17F2N3O2. The number of anilines is 1. The van der Waals surface area contributed by atoms with Crippen LogP contribution in [0.5, 0.6) is 0 Å². The number of aromatic nitrogens is 2. The number of benzene rings is 2. The van der Waals surface area contributed by atoms with Crippen molar-refractivity contribution in [3.05, 3.63) is 82.3 Å². The lowest BCUT2D eigenvalue weighted by atomic mass is 10.2. The molecule has 1 heterocycles. The SMILES string of the molecule is CCc1cc(=O)n(CC(=O)Nc2ccccc2F)c(-c2cccc(F)c2)n1. The highest BCUT2D eigenvalue weighted by atomic mass is 19.1. The van der Waals surface area contributed by atoms with Gasteiger partial charge in [-0.05, 0) is 30.7 Å². The number of aryl methyl sites for hydroxylation is 1. The molecule has 1 aromatic heterocycles. The Morgan fingerprint density at radius 3 is 2.59 bits per heavy atom. The molecule has 3 aromatic rings. The molecular weight excluding hydrogens is 352 g/mol. The predicted octanol–water partition coefficient (Wildman–Crippen LogP) is 3.39. The third kappa shape index (κ3) is 4.25. The van der Waals surface area contributed by atoms with Crippen LogP contribution in [0.4, 0.5) is 14.5 Å². The van der Waals surface area contributed by atoms with E-state index in [0.29, 0.717) is 17.7 Å². The smallest absolute Gasteiger partial charge is 0.254 e. The quantitative estimate of drug-likeness (QED) is 0.750. The fraction of sp³-hybridized carbons (Fsp3) is 0.150. The van der Waals surface area contributed by atoms with Crippen LogP contribution >= 0.6 is 0 Å². The summed E-state index contributed by atoms with van der Waals surface area (Å²) in [5.74, 6) is -1.47. The minimum Gasteiger partial charge on any atom is -0.322 e. The number of para-hydroxylation sites is 1. The maximum atomic E-state index is 13.7. The van der Waals surface area contributed by atoms with Crippen LogP contribution in [0.2, 0.25) is 0 Å². The van der Waals surface area contributed by atoms with Crippen molar-refractivity contribution in [1.29, 1.82) is 0 Å². The average molecular weight is 369 g/mol. The summed E-state index contributed by atoms with van der Waals surface area (Å²) in [4.78, 5) is 29.2. The summed E-state index contributed by atoms with van der Waals surface area (Å²) < 4.78 is 28.5. The van der Waals surface area contributed by atoms with Crippen LogP contribution in [-0.4, -0.2) is 15.5 Å². The van der Waals surface area contributed by atoms with E-state index in [9.17, 15) is 18.4 Å². The number of rotatable bonds is 5. The molecule has 0 saturated heterocycles. The molecule has 1 N–H and O–H groups in total. The summed E-state index contributed by atoms with van der Waals surface area (Å²) in [5.41, 5.74) is 0.483. The molecule has 0 aliphatic carbocycles.